The molecule has 2 aromatic carbocycles. The second kappa shape index (κ2) is 4.02. The second-order valence-corrected chi connectivity index (χ2v) is 4.23. The Kier molecular flexibility index (Phi) is 2.19. The first kappa shape index (κ1) is 10.9. The predicted molar refractivity (Wildman–Crippen MR) is 68.9 cm³/mol. The molecule has 0 spiro atoms. The number of anilines is 1. The third-order valence-corrected chi connectivity index (χ3v) is 2.98. The van der Waals surface area contributed by atoms with Crippen LogP contribution in [0.3, 0.4) is 0 Å². The van der Waals surface area contributed by atoms with E-state index in [4.69, 9.17) is 24.6 Å². The van der Waals surface area contributed by atoms with Crippen LogP contribution < -0.4 is 19.9 Å². The fourth-order valence-electron chi connectivity index (χ4n) is 2.01. The summed E-state index contributed by atoms with van der Waals surface area (Å²) in [6, 6.07) is 8.72. The summed E-state index contributed by atoms with van der Waals surface area (Å²) >= 11 is 0. The monoisotopic (exact) mass is 271 g/mol. The highest BCUT2D eigenvalue weighted by atomic mass is 16.7. The highest BCUT2D eigenvalue weighted by Crippen LogP contribution is 2.38. The molecule has 0 bridgehead atoms. The van der Waals surface area contributed by atoms with E-state index in [1.165, 1.54) is 0 Å². The van der Waals surface area contributed by atoms with Crippen LogP contribution in [-0.4, -0.2) is 17.1 Å². The molecule has 2 heterocycles. The van der Waals surface area contributed by atoms with Gasteiger partial charge in [0.05, 0.1) is 5.69 Å². The lowest BCUT2D eigenvalue weighted by atomic mass is 10.2. The van der Waals surface area contributed by atoms with Crippen LogP contribution in [0.5, 0.6) is 23.0 Å². The van der Waals surface area contributed by atoms with E-state index in [0.29, 0.717) is 39.7 Å². The largest absolute Gasteiger partial charge is 0.455 e. The van der Waals surface area contributed by atoms with Crippen molar-refractivity contribution in [2.75, 3.05) is 12.5 Å². The molecule has 0 saturated carbocycles. The van der Waals surface area contributed by atoms with E-state index in [0.717, 1.165) is 0 Å². The van der Waals surface area contributed by atoms with Crippen molar-refractivity contribution in [2.45, 2.75) is 0 Å². The van der Waals surface area contributed by atoms with Gasteiger partial charge in [0.25, 0.3) is 0 Å². The number of benzene rings is 2. The van der Waals surface area contributed by atoms with Crippen molar-refractivity contribution in [3.63, 3.8) is 0 Å². The summed E-state index contributed by atoms with van der Waals surface area (Å²) in [5.74, 6) is 2.45. The van der Waals surface area contributed by atoms with Gasteiger partial charge in [-0.25, -0.2) is 4.63 Å². The molecule has 2 N–H and O–H groups in total. The van der Waals surface area contributed by atoms with Crippen molar-refractivity contribution in [1.82, 2.24) is 10.3 Å². The van der Waals surface area contributed by atoms with Crippen LogP contribution in [0.15, 0.2) is 35.0 Å². The van der Waals surface area contributed by atoms with Crippen LogP contribution in [0.25, 0.3) is 11.0 Å². The van der Waals surface area contributed by atoms with Crippen molar-refractivity contribution in [1.29, 1.82) is 0 Å². The zero-order valence-electron chi connectivity index (χ0n) is 10.2. The molecule has 0 unspecified atom stereocenters. The SMILES string of the molecule is Nc1ccc(Oc2ccc3c(c2)OCO3)c2nonc12. The molecule has 0 radical (unpaired) electrons. The van der Waals surface area contributed by atoms with Gasteiger partial charge in [0.15, 0.2) is 28.3 Å². The summed E-state index contributed by atoms with van der Waals surface area (Å²) in [6.07, 6.45) is 0. The summed E-state index contributed by atoms with van der Waals surface area (Å²) in [7, 11) is 0. The summed E-state index contributed by atoms with van der Waals surface area (Å²) in [5, 5.41) is 7.54. The summed E-state index contributed by atoms with van der Waals surface area (Å²) in [6.45, 7) is 0.220. The quantitative estimate of drug-likeness (QED) is 0.715. The summed E-state index contributed by atoms with van der Waals surface area (Å²) in [4.78, 5) is 0. The Balaban J connectivity index is 1.74. The Morgan fingerprint density at radius 1 is 1.00 bits per heavy atom. The first-order valence-corrected chi connectivity index (χ1v) is 5.89. The van der Waals surface area contributed by atoms with Crippen LogP contribution in [0.4, 0.5) is 5.69 Å². The maximum atomic E-state index is 5.78. The van der Waals surface area contributed by atoms with Crippen LogP contribution >= 0.6 is 0 Å². The van der Waals surface area contributed by atoms with Crippen molar-refractivity contribution in [2.24, 2.45) is 0 Å². The molecule has 0 amide bonds. The Morgan fingerprint density at radius 2 is 1.85 bits per heavy atom. The molecule has 1 aromatic heterocycles. The molecule has 1 aliphatic heterocycles. The fourth-order valence-corrected chi connectivity index (χ4v) is 2.01. The maximum Gasteiger partial charge on any atom is 0.231 e. The number of nitrogen functional groups attached to an aromatic ring is 1. The Morgan fingerprint density at radius 3 is 2.80 bits per heavy atom. The van der Waals surface area contributed by atoms with Gasteiger partial charge in [-0.05, 0) is 34.6 Å². The Labute approximate surface area is 112 Å². The molecule has 0 atom stereocenters. The lowest BCUT2D eigenvalue weighted by molar-refractivity contribution is 0.174. The molecule has 4 rings (SSSR count). The zero-order valence-corrected chi connectivity index (χ0v) is 10.2. The number of rotatable bonds is 2. The van der Waals surface area contributed by atoms with Crippen LogP contribution in [-0.2, 0) is 0 Å². The highest BCUT2D eigenvalue weighted by molar-refractivity contribution is 5.90. The number of ether oxygens (including phenoxy) is 3. The zero-order chi connectivity index (χ0) is 13.5. The molecule has 7 nitrogen and oxygen atoms in total. The molecule has 20 heavy (non-hydrogen) atoms. The standard InChI is InChI=1S/C13H9N3O4/c14-8-2-4-10(13-12(8)15-20-16-13)19-7-1-3-9-11(5-7)18-6-17-9/h1-5H,6,14H2. The molecule has 1 aliphatic rings. The molecular formula is C13H9N3O4. The second-order valence-electron chi connectivity index (χ2n) is 4.23. The predicted octanol–water partition coefficient (Wildman–Crippen LogP) is 2.33. The maximum absolute atomic E-state index is 5.78. The lowest BCUT2D eigenvalue weighted by Gasteiger charge is -2.06. The van der Waals surface area contributed by atoms with Gasteiger partial charge < -0.3 is 19.9 Å². The van der Waals surface area contributed by atoms with Gasteiger partial charge in [-0.1, -0.05) is 0 Å². The van der Waals surface area contributed by atoms with Gasteiger partial charge >= 0.3 is 0 Å². The number of hydrogen-bond acceptors (Lipinski definition) is 7. The van der Waals surface area contributed by atoms with Crippen molar-refractivity contribution in [3.8, 4) is 23.0 Å². The average molecular weight is 271 g/mol. The molecule has 7 heteroatoms. The van der Waals surface area contributed by atoms with Crippen molar-refractivity contribution >= 4 is 16.7 Å². The van der Waals surface area contributed by atoms with E-state index < -0.39 is 0 Å². The third kappa shape index (κ3) is 1.60. The van der Waals surface area contributed by atoms with E-state index in [-0.39, 0.29) is 6.79 Å². The number of aromatic nitrogens is 2. The molecule has 100 valence electrons. The van der Waals surface area contributed by atoms with E-state index in [1.54, 1.807) is 30.3 Å². The number of fused-ring (bicyclic) bond motifs is 2. The van der Waals surface area contributed by atoms with Gasteiger partial charge in [-0.3, -0.25) is 0 Å². The minimum atomic E-state index is 0.220. The highest BCUT2D eigenvalue weighted by Gasteiger charge is 2.16. The topological polar surface area (TPSA) is 92.6 Å². The van der Waals surface area contributed by atoms with E-state index in [2.05, 4.69) is 10.3 Å². The molecule has 0 aliphatic carbocycles. The van der Waals surface area contributed by atoms with Gasteiger partial charge in [-0.15, -0.1) is 0 Å². The van der Waals surface area contributed by atoms with Gasteiger partial charge in [-0.2, -0.15) is 0 Å². The Hall–Kier alpha value is -2.96. The Bertz CT molecular complexity index is 799. The first-order valence-electron chi connectivity index (χ1n) is 5.89. The van der Waals surface area contributed by atoms with Gasteiger partial charge in [0.1, 0.15) is 5.75 Å². The number of nitrogens with zero attached hydrogens (tertiary/aromatic N) is 2. The van der Waals surface area contributed by atoms with E-state index in [1.807, 2.05) is 0 Å². The minimum absolute atomic E-state index is 0.220. The molecular weight excluding hydrogens is 262 g/mol. The summed E-state index contributed by atoms with van der Waals surface area (Å²) in [5.41, 5.74) is 7.22. The van der Waals surface area contributed by atoms with Crippen molar-refractivity contribution in [3.05, 3.63) is 30.3 Å². The van der Waals surface area contributed by atoms with Crippen LogP contribution in [0.1, 0.15) is 0 Å². The normalized spacial score (nSPS) is 12.8. The number of nitrogens with two attached hydrogens (primary N) is 1. The molecule has 3 aromatic rings. The van der Waals surface area contributed by atoms with Crippen LogP contribution in [0, 0.1) is 0 Å². The fraction of sp³-hybridized carbons (Fsp3) is 0.0769. The lowest BCUT2D eigenvalue weighted by Crippen LogP contribution is -1.93. The molecule has 0 saturated heterocycles. The summed E-state index contributed by atoms with van der Waals surface area (Å²) < 4.78 is 21.0. The van der Waals surface area contributed by atoms with E-state index >= 15 is 0 Å². The average Bonchev–Trinajstić information content (AvgIpc) is 3.10. The van der Waals surface area contributed by atoms with Gasteiger partial charge in [0.2, 0.25) is 6.79 Å². The van der Waals surface area contributed by atoms with Gasteiger partial charge in [0, 0.05) is 6.07 Å². The smallest absolute Gasteiger partial charge is 0.231 e. The van der Waals surface area contributed by atoms with Crippen LogP contribution in [0.2, 0.25) is 0 Å². The minimum Gasteiger partial charge on any atom is -0.455 e. The number of hydrogen-bond donors (Lipinski definition) is 1. The molecule has 0 fully saturated rings. The van der Waals surface area contributed by atoms with Crippen molar-refractivity contribution < 1.29 is 18.8 Å². The van der Waals surface area contributed by atoms with E-state index in [9.17, 15) is 0 Å². The third-order valence-electron chi connectivity index (χ3n) is 2.98. The first-order chi connectivity index (χ1) is 9.81.